The van der Waals surface area contributed by atoms with Gasteiger partial charge in [-0.3, -0.25) is 14.4 Å². The van der Waals surface area contributed by atoms with Crippen LogP contribution in [0.5, 0.6) is 0 Å². The highest BCUT2D eigenvalue weighted by atomic mass is 32.1. The smallest absolute Gasteiger partial charge is 0.261 e. The van der Waals surface area contributed by atoms with Crippen LogP contribution < -0.4 is 5.32 Å². The Morgan fingerprint density at radius 3 is 2.21 bits per heavy atom. The second-order valence-electron chi connectivity index (χ2n) is 7.32. The fraction of sp³-hybridized carbons (Fsp3) is 0.381. The van der Waals surface area contributed by atoms with Crippen molar-refractivity contribution in [1.82, 2.24) is 15.1 Å². The molecule has 0 saturated carbocycles. The molecule has 3 rings (SSSR count). The Bertz CT molecular complexity index is 826. The van der Waals surface area contributed by atoms with Crippen molar-refractivity contribution < 1.29 is 14.4 Å². The van der Waals surface area contributed by atoms with E-state index in [1.54, 1.807) is 17.0 Å². The number of carbonyl (C=O) groups excluding carboxylic acids is 3. The topological polar surface area (TPSA) is 69.7 Å². The summed E-state index contributed by atoms with van der Waals surface area (Å²) in [6.07, 6.45) is 0. The van der Waals surface area contributed by atoms with E-state index in [1.807, 2.05) is 54.5 Å². The number of rotatable bonds is 5. The van der Waals surface area contributed by atoms with Crippen LogP contribution in [0.15, 0.2) is 47.8 Å². The number of amides is 3. The summed E-state index contributed by atoms with van der Waals surface area (Å²) in [5, 5.41) is 4.48. The number of nitrogens with zero attached hydrogens (tertiary/aromatic N) is 2. The average Bonchev–Trinajstić information content (AvgIpc) is 3.27. The van der Waals surface area contributed by atoms with Gasteiger partial charge in [0.05, 0.1) is 16.8 Å². The maximum Gasteiger partial charge on any atom is 0.261 e. The van der Waals surface area contributed by atoms with Crippen molar-refractivity contribution in [2.75, 3.05) is 32.7 Å². The molecule has 2 aromatic rings. The van der Waals surface area contributed by atoms with E-state index < -0.39 is 5.41 Å². The van der Waals surface area contributed by atoms with Gasteiger partial charge >= 0.3 is 0 Å². The molecule has 3 amide bonds. The Kier molecular flexibility index (Phi) is 6.14. The summed E-state index contributed by atoms with van der Waals surface area (Å²) >= 11 is 1.34. The first-order valence-corrected chi connectivity index (χ1v) is 10.2. The minimum atomic E-state index is -0.609. The van der Waals surface area contributed by atoms with E-state index in [2.05, 4.69) is 5.32 Å². The zero-order chi connectivity index (χ0) is 20.1. The number of thiophene rings is 1. The van der Waals surface area contributed by atoms with E-state index in [0.29, 0.717) is 31.1 Å². The van der Waals surface area contributed by atoms with Crippen LogP contribution in [0.3, 0.4) is 0 Å². The molecule has 1 aromatic carbocycles. The Morgan fingerprint density at radius 2 is 1.61 bits per heavy atom. The Balaban J connectivity index is 1.50. The summed E-state index contributed by atoms with van der Waals surface area (Å²) in [4.78, 5) is 41.5. The maximum absolute atomic E-state index is 13.0. The molecule has 6 nitrogen and oxygen atoms in total. The van der Waals surface area contributed by atoms with Gasteiger partial charge in [0.2, 0.25) is 11.8 Å². The van der Waals surface area contributed by atoms with Crippen molar-refractivity contribution in [3.8, 4) is 0 Å². The molecule has 0 spiro atoms. The number of nitrogens with one attached hydrogen (secondary N) is 1. The van der Waals surface area contributed by atoms with Crippen LogP contribution in [0.4, 0.5) is 0 Å². The minimum absolute atomic E-state index is 0.0276. The van der Waals surface area contributed by atoms with Crippen molar-refractivity contribution in [2.24, 2.45) is 0 Å². The third kappa shape index (κ3) is 4.42. The molecular formula is C21H25N3O3S. The predicted molar refractivity (Wildman–Crippen MR) is 109 cm³/mol. The van der Waals surface area contributed by atoms with Gasteiger partial charge in [-0.1, -0.05) is 36.4 Å². The summed E-state index contributed by atoms with van der Waals surface area (Å²) in [5.74, 6) is -0.294. The molecule has 0 aliphatic carbocycles. The Labute approximate surface area is 169 Å². The van der Waals surface area contributed by atoms with E-state index in [-0.39, 0.29) is 24.3 Å². The van der Waals surface area contributed by atoms with E-state index in [0.717, 1.165) is 5.56 Å². The largest absolute Gasteiger partial charge is 0.342 e. The molecule has 1 aliphatic rings. The summed E-state index contributed by atoms with van der Waals surface area (Å²) < 4.78 is 0. The van der Waals surface area contributed by atoms with Crippen LogP contribution in [0.2, 0.25) is 0 Å². The molecule has 148 valence electrons. The third-order valence-corrected chi connectivity index (χ3v) is 5.96. The van der Waals surface area contributed by atoms with Gasteiger partial charge in [0.25, 0.3) is 5.91 Å². The predicted octanol–water partition coefficient (Wildman–Crippen LogP) is 2.13. The van der Waals surface area contributed by atoms with E-state index in [9.17, 15) is 14.4 Å². The van der Waals surface area contributed by atoms with Gasteiger partial charge in [-0.15, -0.1) is 11.3 Å². The monoisotopic (exact) mass is 399 g/mol. The van der Waals surface area contributed by atoms with E-state index in [1.165, 1.54) is 11.3 Å². The lowest BCUT2D eigenvalue weighted by molar-refractivity contribution is -0.142. The first-order chi connectivity index (χ1) is 13.4. The normalized spacial score (nSPS) is 14.6. The highest BCUT2D eigenvalue weighted by molar-refractivity contribution is 7.12. The highest BCUT2D eigenvalue weighted by Crippen LogP contribution is 2.26. The molecular weight excluding hydrogens is 374 g/mol. The lowest BCUT2D eigenvalue weighted by Crippen LogP contribution is -2.55. The minimum Gasteiger partial charge on any atom is -0.342 e. The number of carbonyl (C=O) groups is 3. The van der Waals surface area contributed by atoms with Crippen molar-refractivity contribution in [3.63, 3.8) is 0 Å². The summed E-state index contributed by atoms with van der Waals surface area (Å²) in [5.41, 5.74) is 0.372. The SMILES string of the molecule is CC(C)(C(=O)N1CCN(C(=O)CNC(=O)c2cccs2)CC1)c1ccccc1. The lowest BCUT2D eigenvalue weighted by atomic mass is 9.83. The van der Waals surface area contributed by atoms with Crippen LogP contribution in [0.1, 0.15) is 29.1 Å². The van der Waals surface area contributed by atoms with Gasteiger partial charge in [0.15, 0.2) is 0 Å². The molecule has 0 unspecified atom stereocenters. The fourth-order valence-corrected chi connectivity index (χ4v) is 3.94. The fourth-order valence-electron chi connectivity index (χ4n) is 3.30. The van der Waals surface area contributed by atoms with Gasteiger partial charge in [-0.2, -0.15) is 0 Å². The van der Waals surface area contributed by atoms with Crippen molar-refractivity contribution in [2.45, 2.75) is 19.3 Å². The molecule has 0 radical (unpaired) electrons. The second kappa shape index (κ2) is 8.56. The molecule has 1 aromatic heterocycles. The molecule has 1 N–H and O–H groups in total. The molecule has 7 heteroatoms. The van der Waals surface area contributed by atoms with Gasteiger partial charge in [-0.25, -0.2) is 0 Å². The Morgan fingerprint density at radius 1 is 0.964 bits per heavy atom. The van der Waals surface area contributed by atoms with Crippen LogP contribution in [0, 0.1) is 0 Å². The van der Waals surface area contributed by atoms with Crippen molar-refractivity contribution in [1.29, 1.82) is 0 Å². The quantitative estimate of drug-likeness (QED) is 0.837. The van der Waals surface area contributed by atoms with Gasteiger partial charge in [0.1, 0.15) is 0 Å². The van der Waals surface area contributed by atoms with Crippen LogP contribution in [0.25, 0.3) is 0 Å². The highest BCUT2D eigenvalue weighted by Gasteiger charge is 2.35. The summed E-state index contributed by atoms with van der Waals surface area (Å²) in [6.45, 7) is 5.79. The van der Waals surface area contributed by atoms with Crippen LogP contribution >= 0.6 is 11.3 Å². The van der Waals surface area contributed by atoms with Gasteiger partial charge in [-0.05, 0) is 30.9 Å². The standard InChI is InChI=1S/C21H25N3O3S/c1-21(2,16-7-4-3-5-8-16)20(27)24-12-10-23(11-13-24)18(25)15-22-19(26)17-9-6-14-28-17/h3-9,14H,10-13,15H2,1-2H3,(H,22,26). The first kappa shape index (κ1) is 20.1. The number of hydrogen-bond donors (Lipinski definition) is 1. The molecule has 2 heterocycles. The van der Waals surface area contributed by atoms with Crippen LogP contribution in [-0.4, -0.2) is 60.2 Å². The molecule has 0 atom stereocenters. The molecule has 1 fully saturated rings. The summed E-state index contributed by atoms with van der Waals surface area (Å²) in [6, 6.07) is 13.3. The number of hydrogen-bond acceptors (Lipinski definition) is 4. The second-order valence-corrected chi connectivity index (χ2v) is 8.27. The molecule has 1 aliphatic heterocycles. The maximum atomic E-state index is 13.0. The number of benzene rings is 1. The zero-order valence-electron chi connectivity index (χ0n) is 16.2. The molecule has 28 heavy (non-hydrogen) atoms. The zero-order valence-corrected chi connectivity index (χ0v) is 17.0. The van der Waals surface area contributed by atoms with Gasteiger partial charge < -0.3 is 15.1 Å². The molecule has 1 saturated heterocycles. The number of piperazine rings is 1. The van der Waals surface area contributed by atoms with E-state index >= 15 is 0 Å². The first-order valence-electron chi connectivity index (χ1n) is 9.34. The average molecular weight is 400 g/mol. The van der Waals surface area contributed by atoms with E-state index in [4.69, 9.17) is 0 Å². The third-order valence-electron chi connectivity index (χ3n) is 5.09. The lowest BCUT2D eigenvalue weighted by Gasteiger charge is -2.38. The van der Waals surface area contributed by atoms with Crippen molar-refractivity contribution in [3.05, 3.63) is 58.3 Å². The summed E-state index contributed by atoms with van der Waals surface area (Å²) in [7, 11) is 0. The molecule has 0 bridgehead atoms. The van der Waals surface area contributed by atoms with Crippen molar-refractivity contribution >= 4 is 29.1 Å². The van der Waals surface area contributed by atoms with Crippen LogP contribution in [-0.2, 0) is 15.0 Å². The Hall–Kier alpha value is -2.67. The van der Waals surface area contributed by atoms with Gasteiger partial charge in [0, 0.05) is 26.2 Å².